The lowest BCUT2D eigenvalue weighted by atomic mass is 9.89. The van der Waals surface area contributed by atoms with Gasteiger partial charge in [0.05, 0.1) is 5.41 Å². The lowest BCUT2D eigenvalue weighted by molar-refractivity contribution is -0.168. The van der Waals surface area contributed by atoms with Gasteiger partial charge in [0.25, 0.3) is 0 Å². The topological polar surface area (TPSA) is 46.5 Å². The highest BCUT2D eigenvalue weighted by molar-refractivity contribution is 5.76. The van der Waals surface area contributed by atoms with Crippen molar-refractivity contribution in [2.75, 3.05) is 0 Å². The average molecular weight is 250 g/mol. The fraction of sp³-hybridized carbons (Fsp3) is 0.533. The van der Waals surface area contributed by atoms with E-state index >= 15 is 0 Å². The summed E-state index contributed by atoms with van der Waals surface area (Å²) in [5.41, 5.74) is -0.314. The van der Waals surface area contributed by atoms with E-state index in [4.69, 9.17) is 4.74 Å². The van der Waals surface area contributed by atoms with Crippen LogP contribution in [0.1, 0.15) is 46.6 Å². The van der Waals surface area contributed by atoms with Crippen molar-refractivity contribution in [1.29, 1.82) is 0 Å². The first kappa shape index (κ1) is 14.6. The molecule has 1 N–H and O–H groups in total. The maximum absolute atomic E-state index is 12.1. The Hall–Kier alpha value is -1.51. The van der Waals surface area contributed by atoms with Crippen LogP contribution in [-0.4, -0.2) is 11.1 Å². The van der Waals surface area contributed by atoms with Crippen LogP contribution in [0.2, 0.25) is 0 Å². The van der Waals surface area contributed by atoms with Crippen LogP contribution in [0.4, 0.5) is 0 Å². The molecule has 0 aliphatic rings. The molecule has 0 amide bonds. The van der Waals surface area contributed by atoms with Gasteiger partial charge in [-0.05, 0) is 51.8 Å². The first-order valence-corrected chi connectivity index (χ1v) is 6.22. The first-order valence-electron chi connectivity index (χ1n) is 6.22. The number of rotatable bonds is 4. The number of phenols is 1. The number of carbonyl (C=O) groups is 1. The van der Waals surface area contributed by atoms with Crippen LogP contribution in [0.5, 0.6) is 5.75 Å². The fourth-order valence-electron chi connectivity index (χ4n) is 1.44. The number of esters is 1. The molecule has 0 aromatic heterocycles. The molecule has 0 bridgehead atoms. The van der Waals surface area contributed by atoms with E-state index in [0.29, 0.717) is 0 Å². The molecule has 1 aromatic carbocycles. The second kappa shape index (κ2) is 5.01. The van der Waals surface area contributed by atoms with E-state index in [0.717, 1.165) is 12.0 Å². The highest BCUT2D eigenvalue weighted by atomic mass is 16.6. The Morgan fingerprint density at radius 3 is 2.11 bits per heavy atom. The molecule has 0 atom stereocenters. The minimum absolute atomic E-state index is 0.203. The second-order valence-corrected chi connectivity index (χ2v) is 5.68. The predicted molar refractivity (Wildman–Crippen MR) is 71.3 cm³/mol. The molecule has 3 nitrogen and oxygen atoms in total. The summed E-state index contributed by atoms with van der Waals surface area (Å²) in [5, 5.41) is 9.26. The van der Waals surface area contributed by atoms with Gasteiger partial charge in [-0.25, -0.2) is 0 Å². The first-order chi connectivity index (χ1) is 8.19. The molecule has 0 unspecified atom stereocenters. The van der Waals surface area contributed by atoms with Gasteiger partial charge in [-0.3, -0.25) is 4.79 Å². The van der Waals surface area contributed by atoms with Crippen molar-refractivity contribution in [3.05, 3.63) is 29.8 Å². The smallest absolute Gasteiger partial charge is 0.312 e. The van der Waals surface area contributed by atoms with Crippen LogP contribution in [0.25, 0.3) is 0 Å². The number of aromatic hydroxyl groups is 1. The third-order valence-electron chi connectivity index (χ3n) is 3.35. The van der Waals surface area contributed by atoms with Crippen LogP contribution in [0.3, 0.4) is 0 Å². The molecule has 1 rings (SSSR count). The molecular weight excluding hydrogens is 228 g/mol. The third kappa shape index (κ3) is 3.25. The van der Waals surface area contributed by atoms with E-state index in [1.165, 1.54) is 0 Å². The molecule has 18 heavy (non-hydrogen) atoms. The molecule has 0 heterocycles. The van der Waals surface area contributed by atoms with Gasteiger partial charge in [0.15, 0.2) is 0 Å². The normalized spacial score (nSPS) is 12.3. The van der Waals surface area contributed by atoms with E-state index in [1.807, 2.05) is 34.6 Å². The maximum atomic E-state index is 12.1. The van der Waals surface area contributed by atoms with Gasteiger partial charge in [-0.15, -0.1) is 0 Å². The van der Waals surface area contributed by atoms with Gasteiger partial charge in [-0.2, -0.15) is 0 Å². The summed E-state index contributed by atoms with van der Waals surface area (Å²) in [5.74, 6) is -0.00200. The van der Waals surface area contributed by atoms with Gasteiger partial charge in [0.2, 0.25) is 0 Å². The molecule has 0 fully saturated rings. The van der Waals surface area contributed by atoms with Gasteiger partial charge in [0, 0.05) is 0 Å². The summed E-state index contributed by atoms with van der Waals surface area (Å²) in [6, 6.07) is 6.72. The van der Waals surface area contributed by atoms with Gasteiger partial charge >= 0.3 is 5.97 Å². The molecule has 0 saturated heterocycles. The van der Waals surface area contributed by atoms with Crippen molar-refractivity contribution < 1.29 is 14.6 Å². The van der Waals surface area contributed by atoms with Crippen LogP contribution in [0, 0.1) is 5.41 Å². The molecule has 0 aliphatic heterocycles. The highest BCUT2D eigenvalue weighted by Crippen LogP contribution is 2.31. The predicted octanol–water partition coefficient (Wildman–Crippen LogP) is 3.61. The number of ether oxygens (including phenoxy) is 1. The Kier molecular flexibility index (Phi) is 4.05. The summed E-state index contributed by atoms with van der Waals surface area (Å²) >= 11 is 0. The average Bonchev–Trinajstić information content (AvgIpc) is 2.29. The van der Waals surface area contributed by atoms with Gasteiger partial charge in [0.1, 0.15) is 11.4 Å². The number of carbonyl (C=O) groups excluding carboxylic acids is 1. The summed E-state index contributed by atoms with van der Waals surface area (Å²) in [6.45, 7) is 9.42. The molecule has 0 saturated carbocycles. The standard InChI is InChI=1S/C15H22O3/c1-6-14(2,3)13(17)18-15(4,5)11-7-9-12(16)10-8-11/h7-10,16H,6H2,1-5H3. The summed E-state index contributed by atoms with van der Waals surface area (Å²) in [6.07, 6.45) is 0.734. The molecule has 0 spiro atoms. The summed E-state index contributed by atoms with van der Waals surface area (Å²) < 4.78 is 5.60. The number of benzene rings is 1. The zero-order valence-corrected chi connectivity index (χ0v) is 11.8. The Morgan fingerprint density at radius 2 is 1.67 bits per heavy atom. The number of hydrogen-bond acceptors (Lipinski definition) is 3. The van der Waals surface area contributed by atoms with E-state index in [1.54, 1.807) is 24.3 Å². The van der Waals surface area contributed by atoms with Crippen LogP contribution >= 0.6 is 0 Å². The quantitative estimate of drug-likeness (QED) is 0.830. The second-order valence-electron chi connectivity index (χ2n) is 5.68. The summed E-state index contributed by atoms with van der Waals surface area (Å²) in [4.78, 5) is 12.1. The van der Waals surface area contributed by atoms with Crippen LogP contribution in [0.15, 0.2) is 24.3 Å². The zero-order chi connectivity index (χ0) is 14.0. The number of phenolic OH excluding ortho intramolecular Hbond substituents is 1. The minimum Gasteiger partial charge on any atom is -0.508 e. The van der Waals surface area contributed by atoms with Crippen LogP contribution < -0.4 is 0 Å². The van der Waals surface area contributed by atoms with Crippen LogP contribution in [-0.2, 0) is 15.1 Å². The molecule has 1 aromatic rings. The number of hydrogen-bond donors (Lipinski definition) is 1. The van der Waals surface area contributed by atoms with E-state index in [-0.39, 0.29) is 11.7 Å². The van der Waals surface area contributed by atoms with Gasteiger partial charge < -0.3 is 9.84 Å². The van der Waals surface area contributed by atoms with E-state index in [9.17, 15) is 9.90 Å². The molecule has 100 valence electrons. The SMILES string of the molecule is CCC(C)(C)C(=O)OC(C)(C)c1ccc(O)cc1. The largest absolute Gasteiger partial charge is 0.508 e. The van der Waals surface area contributed by atoms with Crippen molar-refractivity contribution in [1.82, 2.24) is 0 Å². The maximum Gasteiger partial charge on any atom is 0.312 e. The fourth-order valence-corrected chi connectivity index (χ4v) is 1.44. The highest BCUT2D eigenvalue weighted by Gasteiger charge is 2.33. The Bertz CT molecular complexity index is 416. The summed E-state index contributed by atoms with van der Waals surface area (Å²) in [7, 11) is 0. The molecule has 0 radical (unpaired) electrons. The molecular formula is C15H22O3. The third-order valence-corrected chi connectivity index (χ3v) is 3.35. The van der Waals surface area contributed by atoms with Crippen molar-refractivity contribution in [3.8, 4) is 5.75 Å². The van der Waals surface area contributed by atoms with Crippen molar-refractivity contribution in [2.24, 2.45) is 5.41 Å². The Balaban J connectivity index is 2.88. The zero-order valence-electron chi connectivity index (χ0n) is 11.8. The van der Waals surface area contributed by atoms with Crippen molar-refractivity contribution >= 4 is 5.97 Å². The van der Waals surface area contributed by atoms with Gasteiger partial charge in [-0.1, -0.05) is 19.1 Å². The Morgan fingerprint density at radius 1 is 1.17 bits per heavy atom. The Labute approximate surface area is 109 Å². The van der Waals surface area contributed by atoms with E-state index < -0.39 is 11.0 Å². The van der Waals surface area contributed by atoms with E-state index in [2.05, 4.69) is 0 Å². The molecule has 3 heteroatoms. The molecule has 0 aliphatic carbocycles. The lowest BCUT2D eigenvalue weighted by Crippen LogP contribution is -2.33. The lowest BCUT2D eigenvalue weighted by Gasteiger charge is -2.30. The minimum atomic E-state index is -0.697. The van der Waals surface area contributed by atoms with Crippen molar-refractivity contribution in [3.63, 3.8) is 0 Å². The van der Waals surface area contributed by atoms with Crippen molar-refractivity contribution in [2.45, 2.75) is 46.6 Å². The monoisotopic (exact) mass is 250 g/mol.